The van der Waals surface area contributed by atoms with Crippen molar-refractivity contribution in [1.29, 1.82) is 0 Å². The van der Waals surface area contributed by atoms with Gasteiger partial charge >= 0.3 is 0 Å². The van der Waals surface area contributed by atoms with Crippen LogP contribution in [0, 0.1) is 26.7 Å². The average molecular weight is 528 g/mol. The van der Waals surface area contributed by atoms with Crippen LogP contribution in [0.3, 0.4) is 0 Å². The molecule has 0 aromatic heterocycles. The normalized spacial score (nSPS) is 13.6. The van der Waals surface area contributed by atoms with Crippen molar-refractivity contribution < 1.29 is 22.7 Å². The molecule has 0 heterocycles. The molecule has 0 saturated carbocycles. The second-order valence-electron chi connectivity index (χ2n) is 9.40. The summed E-state index contributed by atoms with van der Waals surface area (Å²) in [4.78, 5) is 17.8. The van der Waals surface area contributed by atoms with Gasteiger partial charge in [-0.25, -0.2) is 12.7 Å². The number of rotatable bonds is 15. The molecule has 0 saturated heterocycles. The highest BCUT2D eigenvalue weighted by Gasteiger charge is 2.43. The Balaban J connectivity index is 3.68. The van der Waals surface area contributed by atoms with E-state index in [0.29, 0.717) is 24.0 Å². The summed E-state index contributed by atoms with van der Waals surface area (Å²) in [7, 11) is -4.32. The number of aliphatic imine (C=N–C) groups is 1. The van der Waals surface area contributed by atoms with Gasteiger partial charge in [0.1, 0.15) is 0 Å². The van der Waals surface area contributed by atoms with E-state index < -0.39 is 34.3 Å². The zero-order valence-corrected chi connectivity index (χ0v) is 23.6. The number of guanidine groups is 1. The van der Waals surface area contributed by atoms with E-state index in [4.69, 9.17) is 26.7 Å². The summed E-state index contributed by atoms with van der Waals surface area (Å²) in [5.41, 5.74) is 19.1. The first-order chi connectivity index (χ1) is 16.8. The molecule has 11 heteroatoms. The molecule has 6 N–H and O–H groups in total. The fraction of sp³-hybridized carbons (Fsp3) is 0.680. The van der Waals surface area contributed by atoms with E-state index in [-0.39, 0.29) is 43.0 Å². The van der Waals surface area contributed by atoms with Crippen molar-refractivity contribution in [2.45, 2.75) is 91.0 Å². The first-order valence-electron chi connectivity index (χ1n) is 12.5. The summed E-state index contributed by atoms with van der Waals surface area (Å²) < 4.78 is 41.1. The highest BCUT2D eigenvalue weighted by molar-refractivity contribution is 7.89. The topological polar surface area (TPSA) is 163 Å². The van der Waals surface area contributed by atoms with E-state index in [1.165, 1.54) is 0 Å². The second-order valence-corrected chi connectivity index (χ2v) is 11.1. The van der Waals surface area contributed by atoms with Crippen molar-refractivity contribution in [1.82, 2.24) is 4.31 Å². The fourth-order valence-corrected chi connectivity index (χ4v) is 6.38. The largest absolute Gasteiger partial charge is 0.370 e. The lowest BCUT2D eigenvalue weighted by Gasteiger charge is -2.38. The number of sulfonamides is 1. The van der Waals surface area contributed by atoms with Crippen molar-refractivity contribution in [2.24, 2.45) is 28.1 Å². The first kappa shape index (κ1) is 31.8. The summed E-state index contributed by atoms with van der Waals surface area (Å²) in [6, 6.07) is 1.58. The van der Waals surface area contributed by atoms with E-state index in [1.54, 1.807) is 39.8 Å². The maximum absolute atomic E-state index is 14.3. The number of aryl methyl sites for hydroxylation is 3. The summed E-state index contributed by atoms with van der Waals surface area (Å²) >= 11 is 0. The van der Waals surface area contributed by atoms with Crippen LogP contribution in [0.15, 0.2) is 22.0 Å². The van der Waals surface area contributed by atoms with Crippen LogP contribution in [0.4, 0.5) is 0 Å². The molecule has 206 valence electrons. The molecule has 0 aliphatic heterocycles. The minimum atomic E-state index is -4.32. The van der Waals surface area contributed by atoms with Crippen LogP contribution >= 0.6 is 0 Å². The zero-order valence-electron chi connectivity index (χ0n) is 22.8. The Morgan fingerprint density at radius 3 is 2.03 bits per heavy atom. The fourth-order valence-electron chi connectivity index (χ4n) is 4.34. The Kier molecular flexibility index (Phi) is 12.8. The van der Waals surface area contributed by atoms with Gasteiger partial charge < -0.3 is 26.7 Å². The predicted octanol–water partition coefficient (Wildman–Crippen LogP) is 2.32. The first-order valence-corrected chi connectivity index (χ1v) is 13.9. The van der Waals surface area contributed by atoms with Gasteiger partial charge in [-0.2, -0.15) is 0 Å². The van der Waals surface area contributed by atoms with Gasteiger partial charge in [0.2, 0.25) is 0 Å². The maximum Gasteiger partial charge on any atom is 0.267 e. The van der Waals surface area contributed by atoms with Crippen LogP contribution in [-0.2, 0) is 24.3 Å². The molecule has 1 rings (SSSR count). The number of amides is 1. The van der Waals surface area contributed by atoms with Crippen LogP contribution in [0.25, 0.3) is 0 Å². The summed E-state index contributed by atoms with van der Waals surface area (Å²) in [5, 5.41) is 0. The maximum atomic E-state index is 14.3. The van der Waals surface area contributed by atoms with Crippen molar-refractivity contribution in [3.05, 3.63) is 28.8 Å². The molecule has 0 bridgehead atoms. The molecule has 36 heavy (non-hydrogen) atoms. The van der Waals surface area contributed by atoms with Gasteiger partial charge in [0.05, 0.1) is 17.0 Å². The van der Waals surface area contributed by atoms with Crippen LogP contribution in [0.5, 0.6) is 0 Å². The number of carbonyl (C=O) groups is 1. The van der Waals surface area contributed by atoms with Crippen molar-refractivity contribution in [3.8, 4) is 0 Å². The molecule has 0 radical (unpaired) electrons. The number of carbonyl (C=O) groups excluding carboxylic acids is 1. The van der Waals surface area contributed by atoms with Gasteiger partial charge in [-0.05, 0) is 70.9 Å². The summed E-state index contributed by atoms with van der Waals surface area (Å²) in [5.74, 6) is -0.728. The van der Waals surface area contributed by atoms with Crippen LogP contribution in [-0.4, -0.2) is 62.7 Å². The zero-order chi connectivity index (χ0) is 27.6. The Labute approximate surface area is 216 Å². The average Bonchev–Trinajstić information content (AvgIpc) is 2.74. The van der Waals surface area contributed by atoms with Gasteiger partial charge in [-0.3, -0.25) is 9.79 Å². The van der Waals surface area contributed by atoms with E-state index in [2.05, 4.69) is 4.99 Å². The Morgan fingerprint density at radius 2 is 1.58 bits per heavy atom. The highest BCUT2D eigenvalue weighted by atomic mass is 32.2. The lowest BCUT2D eigenvalue weighted by atomic mass is 10.0. The third kappa shape index (κ3) is 8.72. The third-order valence-corrected chi connectivity index (χ3v) is 7.74. The third-order valence-electron chi connectivity index (χ3n) is 5.61. The van der Waals surface area contributed by atoms with Crippen LogP contribution < -0.4 is 17.2 Å². The lowest BCUT2D eigenvalue weighted by molar-refractivity contribution is -0.173. The summed E-state index contributed by atoms with van der Waals surface area (Å²) in [6.07, 6.45) is 0.00752. The Bertz CT molecular complexity index is 964. The molecule has 2 atom stereocenters. The molecule has 0 spiro atoms. The molecular weight excluding hydrogens is 482 g/mol. The molecule has 0 fully saturated rings. The monoisotopic (exact) mass is 527 g/mol. The molecule has 0 aliphatic rings. The van der Waals surface area contributed by atoms with E-state index in [9.17, 15) is 13.2 Å². The number of nitrogens with zero attached hydrogens (tertiary/aromatic N) is 2. The molecule has 10 nitrogen and oxygen atoms in total. The Morgan fingerprint density at radius 1 is 1.06 bits per heavy atom. The smallest absolute Gasteiger partial charge is 0.267 e. The molecule has 1 aromatic rings. The minimum absolute atomic E-state index is 0.0437. The highest BCUT2D eigenvalue weighted by Crippen LogP contribution is 2.31. The number of hydrogen-bond donors (Lipinski definition) is 3. The molecule has 0 unspecified atom stereocenters. The molecular formula is C25H45N5O5S. The van der Waals surface area contributed by atoms with Crippen molar-refractivity contribution in [2.75, 3.05) is 19.8 Å². The van der Waals surface area contributed by atoms with E-state index >= 15 is 0 Å². The van der Waals surface area contributed by atoms with Crippen molar-refractivity contribution in [3.63, 3.8) is 0 Å². The summed E-state index contributed by atoms with van der Waals surface area (Å²) in [6.45, 7) is 13.7. The number of nitrogens with two attached hydrogens (primary N) is 3. The molecule has 1 aromatic carbocycles. The van der Waals surface area contributed by atoms with Gasteiger partial charge in [-0.1, -0.05) is 31.5 Å². The van der Waals surface area contributed by atoms with E-state index in [0.717, 1.165) is 9.87 Å². The molecule has 0 aliphatic carbocycles. The van der Waals surface area contributed by atoms with Gasteiger partial charge in [0.15, 0.2) is 12.2 Å². The molecule has 1 amide bonds. The quantitative estimate of drug-likeness (QED) is 0.135. The Hall–Kier alpha value is -2.21. The number of ether oxygens (including phenoxy) is 2. The minimum Gasteiger partial charge on any atom is -0.370 e. The number of hydrogen-bond acceptors (Lipinski definition) is 7. The standard InChI is InChI=1S/C25H45N5O5S/c1-8-34-24(35-9-2)21(13-16(3)4)30(23(31)20(26)11-10-12-29-25(27)28)36(32,33)22-18(6)14-17(5)15-19(22)7/h14-16,20-21,24H,8-13,26H2,1-7H3,(H4,27,28,29)/t20-,21-/m0/s1. The number of benzene rings is 1. The van der Waals surface area contributed by atoms with Crippen LogP contribution in [0.1, 0.15) is 63.6 Å². The van der Waals surface area contributed by atoms with Crippen LogP contribution in [0.2, 0.25) is 0 Å². The van der Waals surface area contributed by atoms with Crippen molar-refractivity contribution >= 4 is 21.9 Å². The van der Waals surface area contributed by atoms with Gasteiger partial charge in [-0.15, -0.1) is 0 Å². The van der Waals surface area contributed by atoms with Gasteiger partial charge in [0.25, 0.3) is 15.9 Å². The van der Waals surface area contributed by atoms with E-state index in [1.807, 2.05) is 20.8 Å². The predicted molar refractivity (Wildman–Crippen MR) is 143 cm³/mol. The SMILES string of the molecule is CCOC(OCC)[C@H](CC(C)C)N(C(=O)[C@@H](N)CCCN=C(N)N)S(=O)(=O)c1c(C)cc(C)cc1C. The second kappa shape index (κ2) is 14.5. The van der Waals surface area contributed by atoms with Gasteiger partial charge in [0, 0.05) is 19.8 Å². The lowest BCUT2D eigenvalue weighted by Crippen LogP contribution is -2.56.